The SMILES string of the molecule is O=C(NNC(=O)c1ccccc1OC(F)(F)F)c1ccco1. The number of carbonyl (C=O) groups is 2. The van der Waals surface area contributed by atoms with Crippen LogP contribution in [-0.2, 0) is 0 Å². The van der Waals surface area contributed by atoms with Crippen molar-refractivity contribution >= 4 is 11.8 Å². The van der Waals surface area contributed by atoms with Crippen molar-refractivity contribution in [2.24, 2.45) is 0 Å². The molecule has 0 saturated carbocycles. The van der Waals surface area contributed by atoms with Crippen LogP contribution in [0, 0.1) is 0 Å². The predicted molar refractivity (Wildman–Crippen MR) is 66.8 cm³/mol. The molecule has 0 aliphatic carbocycles. The van der Waals surface area contributed by atoms with Crippen molar-refractivity contribution in [1.82, 2.24) is 10.9 Å². The third-order valence-electron chi connectivity index (χ3n) is 2.39. The molecule has 22 heavy (non-hydrogen) atoms. The maximum absolute atomic E-state index is 12.2. The van der Waals surface area contributed by atoms with Crippen molar-refractivity contribution in [2.45, 2.75) is 6.36 Å². The highest BCUT2D eigenvalue weighted by atomic mass is 19.4. The van der Waals surface area contributed by atoms with Gasteiger partial charge < -0.3 is 9.15 Å². The fourth-order valence-corrected chi connectivity index (χ4v) is 1.52. The Morgan fingerprint density at radius 3 is 2.32 bits per heavy atom. The van der Waals surface area contributed by atoms with E-state index in [1.165, 1.54) is 30.5 Å². The number of benzene rings is 1. The number of ether oxygens (including phenoxy) is 1. The zero-order chi connectivity index (χ0) is 16.2. The molecule has 0 saturated heterocycles. The van der Waals surface area contributed by atoms with E-state index in [-0.39, 0.29) is 11.3 Å². The quantitative estimate of drug-likeness (QED) is 0.852. The van der Waals surface area contributed by atoms with Gasteiger partial charge in [0.05, 0.1) is 11.8 Å². The van der Waals surface area contributed by atoms with Gasteiger partial charge in [0.25, 0.3) is 5.91 Å². The molecule has 0 aliphatic rings. The minimum absolute atomic E-state index is 0.0693. The van der Waals surface area contributed by atoms with E-state index in [9.17, 15) is 22.8 Å². The summed E-state index contributed by atoms with van der Waals surface area (Å²) in [5.74, 6) is -2.48. The van der Waals surface area contributed by atoms with Crippen molar-refractivity contribution in [3.05, 3.63) is 54.0 Å². The highest BCUT2D eigenvalue weighted by molar-refractivity contribution is 5.99. The normalized spacial score (nSPS) is 10.9. The van der Waals surface area contributed by atoms with Crippen molar-refractivity contribution in [1.29, 1.82) is 0 Å². The van der Waals surface area contributed by atoms with Crippen molar-refractivity contribution < 1.29 is 31.9 Å². The highest BCUT2D eigenvalue weighted by Gasteiger charge is 2.32. The van der Waals surface area contributed by atoms with Gasteiger partial charge in [0.2, 0.25) is 0 Å². The lowest BCUT2D eigenvalue weighted by molar-refractivity contribution is -0.274. The van der Waals surface area contributed by atoms with Gasteiger partial charge in [0, 0.05) is 0 Å². The second kappa shape index (κ2) is 6.20. The second-order valence-electron chi connectivity index (χ2n) is 3.93. The van der Waals surface area contributed by atoms with Gasteiger partial charge in [-0.15, -0.1) is 13.2 Å². The first-order chi connectivity index (χ1) is 10.4. The van der Waals surface area contributed by atoms with E-state index >= 15 is 0 Å². The number of para-hydroxylation sites is 1. The van der Waals surface area contributed by atoms with Gasteiger partial charge in [-0.1, -0.05) is 12.1 Å². The number of carbonyl (C=O) groups excluding carboxylic acids is 2. The molecule has 6 nitrogen and oxygen atoms in total. The molecule has 0 aliphatic heterocycles. The van der Waals surface area contributed by atoms with Crippen LogP contribution in [0.5, 0.6) is 5.75 Å². The molecule has 0 bridgehead atoms. The van der Waals surface area contributed by atoms with Gasteiger partial charge in [-0.2, -0.15) is 0 Å². The number of furan rings is 1. The molecule has 2 rings (SSSR count). The summed E-state index contributed by atoms with van der Waals surface area (Å²) in [7, 11) is 0. The molecule has 1 aromatic carbocycles. The second-order valence-corrected chi connectivity index (χ2v) is 3.93. The summed E-state index contributed by atoms with van der Waals surface area (Å²) in [6.07, 6.45) is -3.68. The first kappa shape index (κ1) is 15.4. The zero-order valence-electron chi connectivity index (χ0n) is 10.8. The first-order valence-electron chi connectivity index (χ1n) is 5.86. The summed E-state index contributed by atoms with van der Waals surface area (Å²) in [4.78, 5) is 23.3. The monoisotopic (exact) mass is 314 g/mol. The van der Waals surface area contributed by atoms with E-state index < -0.39 is 23.9 Å². The Morgan fingerprint density at radius 2 is 1.68 bits per heavy atom. The van der Waals surface area contributed by atoms with Gasteiger partial charge in [-0.05, 0) is 24.3 Å². The number of amides is 2. The molecule has 2 aromatic rings. The Morgan fingerprint density at radius 1 is 1.00 bits per heavy atom. The maximum atomic E-state index is 12.2. The largest absolute Gasteiger partial charge is 0.573 e. The van der Waals surface area contributed by atoms with Gasteiger partial charge >= 0.3 is 12.3 Å². The van der Waals surface area contributed by atoms with Gasteiger partial charge in [-0.25, -0.2) is 0 Å². The third kappa shape index (κ3) is 4.01. The van der Waals surface area contributed by atoms with E-state index in [2.05, 4.69) is 4.74 Å². The first-order valence-corrected chi connectivity index (χ1v) is 5.86. The fourth-order valence-electron chi connectivity index (χ4n) is 1.52. The zero-order valence-corrected chi connectivity index (χ0v) is 10.8. The fraction of sp³-hybridized carbons (Fsp3) is 0.0769. The number of hydrazine groups is 1. The third-order valence-corrected chi connectivity index (χ3v) is 2.39. The van der Waals surface area contributed by atoms with Crippen LogP contribution in [0.15, 0.2) is 47.1 Å². The number of hydrogen-bond acceptors (Lipinski definition) is 4. The smallest absolute Gasteiger partial charge is 0.459 e. The molecule has 116 valence electrons. The lowest BCUT2D eigenvalue weighted by Gasteiger charge is -2.13. The Balaban J connectivity index is 2.05. The van der Waals surface area contributed by atoms with Crippen LogP contribution in [0.1, 0.15) is 20.9 Å². The molecular formula is C13H9F3N2O4. The van der Waals surface area contributed by atoms with Crippen LogP contribution in [0.4, 0.5) is 13.2 Å². The molecule has 0 radical (unpaired) electrons. The molecule has 2 amide bonds. The summed E-state index contributed by atoms with van der Waals surface area (Å²) < 4.78 is 45.3. The molecule has 1 heterocycles. The molecule has 0 unspecified atom stereocenters. The average molecular weight is 314 g/mol. The molecule has 1 aromatic heterocycles. The van der Waals surface area contributed by atoms with Crippen LogP contribution in [-0.4, -0.2) is 18.2 Å². The minimum atomic E-state index is -4.94. The number of hydrogen-bond donors (Lipinski definition) is 2. The lowest BCUT2D eigenvalue weighted by atomic mass is 10.2. The summed E-state index contributed by atoms with van der Waals surface area (Å²) in [5.41, 5.74) is 3.58. The van der Waals surface area contributed by atoms with Crippen LogP contribution in [0.2, 0.25) is 0 Å². The van der Waals surface area contributed by atoms with Crippen LogP contribution in [0.25, 0.3) is 0 Å². The van der Waals surface area contributed by atoms with E-state index in [4.69, 9.17) is 4.42 Å². The Kier molecular flexibility index (Phi) is 4.35. The average Bonchev–Trinajstić information content (AvgIpc) is 2.97. The number of halogens is 3. The highest BCUT2D eigenvalue weighted by Crippen LogP contribution is 2.25. The van der Waals surface area contributed by atoms with Crippen LogP contribution < -0.4 is 15.6 Å². The maximum Gasteiger partial charge on any atom is 0.573 e. The van der Waals surface area contributed by atoms with Crippen molar-refractivity contribution in [3.63, 3.8) is 0 Å². The molecule has 2 N–H and O–H groups in total. The predicted octanol–water partition coefficient (Wildman–Crippen LogP) is 2.25. The van der Waals surface area contributed by atoms with E-state index in [0.29, 0.717) is 0 Å². The van der Waals surface area contributed by atoms with Gasteiger partial charge in [0.15, 0.2) is 5.76 Å². The standard InChI is InChI=1S/C13H9F3N2O4/c14-13(15,16)22-9-5-2-1-4-8(9)11(19)17-18-12(20)10-6-3-7-21-10/h1-7H,(H,17,19)(H,18,20). The molecule has 0 spiro atoms. The molecule has 0 atom stereocenters. The van der Waals surface area contributed by atoms with Gasteiger partial charge in [-0.3, -0.25) is 20.4 Å². The molecule has 9 heteroatoms. The molecular weight excluding hydrogens is 305 g/mol. The number of rotatable bonds is 3. The summed E-state index contributed by atoms with van der Waals surface area (Å²) in [6, 6.07) is 7.55. The van der Waals surface area contributed by atoms with Crippen LogP contribution >= 0.6 is 0 Å². The minimum Gasteiger partial charge on any atom is -0.459 e. The lowest BCUT2D eigenvalue weighted by Crippen LogP contribution is -2.41. The summed E-state index contributed by atoms with van der Waals surface area (Å²) in [6.45, 7) is 0. The van der Waals surface area contributed by atoms with Crippen LogP contribution in [0.3, 0.4) is 0 Å². The number of alkyl halides is 3. The van der Waals surface area contributed by atoms with Crippen molar-refractivity contribution in [2.75, 3.05) is 0 Å². The van der Waals surface area contributed by atoms with E-state index in [0.717, 1.165) is 12.1 Å². The molecule has 0 fully saturated rings. The summed E-state index contributed by atoms with van der Waals surface area (Å²) >= 11 is 0. The van der Waals surface area contributed by atoms with E-state index in [1.807, 2.05) is 10.9 Å². The Bertz CT molecular complexity index is 668. The Labute approximate surface area is 121 Å². The Hall–Kier alpha value is -2.97. The summed E-state index contributed by atoms with van der Waals surface area (Å²) in [5, 5.41) is 0. The van der Waals surface area contributed by atoms with E-state index in [1.54, 1.807) is 0 Å². The van der Waals surface area contributed by atoms with Crippen molar-refractivity contribution in [3.8, 4) is 5.75 Å². The topological polar surface area (TPSA) is 80.6 Å². The van der Waals surface area contributed by atoms with Gasteiger partial charge in [0.1, 0.15) is 5.75 Å². The number of nitrogens with one attached hydrogen (secondary N) is 2.